The van der Waals surface area contributed by atoms with E-state index in [9.17, 15) is 4.79 Å². The first-order valence-corrected chi connectivity index (χ1v) is 6.29. The molecule has 0 radical (unpaired) electrons. The molecule has 1 heterocycles. The molecular formula is C13H20N2O. The van der Waals surface area contributed by atoms with Crippen LogP contribution in [-0.4, -0.2) is 36.0 Å². The first-order valence-electron chi connectivity index (χ1n) is 6.29. The summed E-state index contributed by atoms with van der Waals surface area (Å²) < 4.78 is 0. The third kappa shape index (κ3) is 2.99. The maximum Gasteiger partial charge on any atom is 0.239 e. The summed E-state index contributed by atoms with van der Waals surface area (Å²) in [6, 6.07) is 0.718. The Bertz CT molecular complexity index is 291. The van der Waals surface area contributed by atoms with E-state index in [1.807, 2.05) is 4.90 Å². The smallest absolute Gasteiger partial charge is 0.239 e. The molecule has 2 fully saturated rings. The normalized spacial score (nSPS) is 24.8. The van der Waals surface area contributed by atoms with Crippen molar-refractivity contribution in [2.24, 2.45) is 0 Å². The zero-order valence-electron chi connectivity index (χ0n) is 9.74. The summed E-state index contributed by atoms with van der Waals surface area (Å²) in [5, 5.41) is 3.41. The number of amides is 1. The van der Waals surface area contributed by atoms with Crippen LogP contribution >= 0.6 is 0 Å². The van der Waals surface area contributed by atoms with E-state index in [4.69, 9.17) is 6.42 Å². The van der Waals surface area contributed by atoms with Crippen molar-refractivity contribution >= 4 is 5.91 Å². The van der Waals surface area contributed by atoms with Crippen LogP contribution in [0.5, 0.6) is 0 Å². The summed E-state index contributed by atoms with van der Waals surface area (Å²) in [6.45, 7) is 1.79. The Morgan fingerprint density at radius 3 is 2.88 bits per heavy atom. The number of carbonyl (C=O) groups excluding carboxylic acids is 1. The van der Waals surface area contributed by atoms with Crippen LogP contribution in [-0.2, 0) is 4.79 Å². The van der Waals surface area contributed by atoms with Crippen LogP contribution in [0.4, 0.5) is 0 Å². The topological polar surface area (TPSA) is 32.3 Å². The molecule has 1 saturated heterocycles. The van der Waals surface area contributed by atoms with Gasteiger partial charge in [0.1, 0.15) is 0 Å². The number of nitrogens with zero attached hydrogens (tertiary/aromatic N) is 1. The van der Waals surface area contributed by atoms with Gasteiger partial charge in [0.05, 0.1) is 6.04 Å². The molecule has 2 aliphatic rings. The number of likely N-dealkylation sites (tertiary alicyclic amines) is 1. The largest absolute Gasteiger partial charge is 0.341 e. The minimum atomic E-state index is 0.0973. The third-order valence-electron chi connectivity index (χ3n) is 3.31. The van der Waals surface area contributed by atoms with Gasteiger partial charge in [0.15, 0.2) is 0 Å². The molecule has 2 rings (SSSR count). The molecule has 0 aromatic heterocycles. The minimum absolute atomic E-state index is 0.0973. The van der Waals surface area contributed by atoms with E-state index in [1.165, 1.54) is 12.8 Å². The summed E-state index contributed by atoms with van der Waals surface area (Å²) in [6.07, 6.45) is 11.5. The number of hydrogen-bond donors (Lipinski definition) is 1. The number of hydrogen-bond acceptors (Lipinski definition) is 2. The Morgan fingerprint density at radius 1 is 1.38 bits per heavy atom. The maximum absolute atomic E-state index is 12.0. The molecule has 1 aliphatic heterocycles. The molecule has 0 aromatic carbocycles. The van der Waals surface area contributed by atoms with Crippen molar-refractivity contribution in [2.75, 3.05) is 13.1 Å². The average molecular weight is 220 g/mol. The van der Waals surface area contributed by atoms with Gasteiger partial charge in [-0.25, -0.2) is 0 Å². The number of terminal acetylenes is 1. The molecule has 1 saturated carbocycles. The van der Waals surface area contributed by atoms with Gasteiger partial charge in [-0.2, -0.15) is 0 Å². The molecule has 0 spiro atoms. The van der Waals surface area contributed by atoms with Gasteiger partial charge in [0.25, 0.3) is 0 Å². The second-order valence-corrected chi connectivity index (χ2v) is 4.77. The Kier molecular flexibility index (Phi) is 3.84. The Balaban J connectivity index is 1.67. The second-order valence-electron chi connectivity index (χ2n) is 4.77. The van der Waals surface area contributed by atoms with E-state index in [2.05, 4.69) is 11.2 Å². The molecule has 1 amide bonds. The summed E-state index contributed by atoms with van der Waals surface area (Å²) in [7, 11) is 0. The molecule has 3 nitrogen and oxygen atoms in total. The number of rotatable bonds is 6. The number of nitrogens with one attached hydrogen (secondary N) is 1. The highest BCUT2D eigenvalue weighted by Crippen LogP contribution is 2.22. The summed E-state index contributed by atoms with van der Waals surface area (Å²) in [4.78, 5) is 13.9. The van der Waals surface area contributed by atoms with Crippen LogP contribution in [0.15, 0.2) is 0 Å². The standard InChI is InChI=1S/C13H20N2O/c1-2-3-4-5-9-15-10-8-12(13(15)16)14-11-6-7-11/h1,11-12,14H,3-10H2. The van der Waals surface area contributed by atoms with Gasteiger partial charge in [-0.05, 0) is 32.1 Å². The van der Waals surface area contributed by atoms with Gasteiger partial charge in [-0.1, -0.05) is 0 Å². The highest BCUT2D eigenvalue weighted by molar-refractivity contribution is 5.84. The van der Waals surface area contributed by atoms with Crippen molar-refractivity contribution in [3.8, 4) is 12.3 Å². The Hall–Kier alpha value is -1.01. The van der Waals surface area contributed by atoms with E-state index >= 15 is 0 Å². The van der Waals surface area contributed by atoms with Gasteiger partial charge < -0.3 is 10.2 Å². The highest BCUT2D eigenvalue weighted by atomic mass is 16.2. The first-order chi connectivity index (χ1) is 7.81. The second kappa shape index (κ2) is 5.36. The summed E-state index contributed by atoms with van der Waals surface area (Å²) in [5.74, 6) is 2.93. The van der Waals surface area contributed by atoms with Crippen LogP contribution in [0.25, 0.3) is 0 Å². The SMILES string of the molecule is C#CCCCCN1CCC(NC2CC2)C1=O. The van der Waals surface area contributed by atoms with E-state index < -0.39 is 0 Å². The average Bonchev–Trinajstić information content (AvgIpc) is 3.03. The van der Waals surface area contributed by atoms with Gasteiger partial charge >= 0.3 is 0 Å². The first kappa shape index (κ1) is 11.5. The predicted molar refractivity (Wildman–Crippen MR) is 63.8 cm³/mol. The lowest BCUT2D eigenvalue weighted by molar-refractivity contribution is -0.129. The van der Waals surface area contributed by atoms with Crippen molar-refractivity contribution in [2.45, 2.75) is 50.6 Å². The molecule has 1 atom stereocenters. The van der Waals surface area contributed by atoms with E-state index in [-0.39, 0.29) is 6.04 Å². The quantitative estimate of drug-likeness (QED) is 0.538. The molecule has 3 heteroatoms. The molecule has 16 heavy (non-hydrogen) atoms. The van der Waals surface area contributed by atoms with Crippen molar-refractivity contribution < 1.29 is 4.79 Å². The maximum atomic E-state index is 12.0. The van der Waals surface area contributed by atoms with Gasteiger partial charge in [0, 0.05) is 25.6 Å². The van der Waals surface area contributed by atoms with Crippen molar-refractivity contribution in [1.29, 1.82) is 0 Å². The predicted octanol–water partition coefficient (Wildman–Crippen LogP) is 1.14. The van der Waals surface area contributed by atoms with Crippen LogP contribution in [0.3, 0.4) is 0 Å². The Morgan fingerprint density at radius 2 is 2.19 bits per heavy atom. The van der Waals surface area contributed by atoms with Crippen LogP contribution in [0.2, 0.25) is 0 Å². The third-order valence-corrected chi connectivity index (χ3v) is 3.31. The molecule has 1 aliphatic carbocycles. The fraction of sp³-hybridized carbons (Fsp3) is 0.769. The van der Waals surface area contributed by atoms with Crippen LogP contribution < -0.4 is 5.32 Å². The van der Waals surface area contributed by atoms with E-state index in [0.29, 0.717) is 11.9 Å². The van der Waals surface area contributed by atoms with Gasteiger partial charge in [-0.15, -0.1) is 12.3 Å². The zero-order valence-corrected chi connectivity index (χ0v) is 9.74. The van der Waals surface area contributed by atoms with E-state index in [0.717, 1.165) is 38.8 Å². The van der Waals surface area contributed by atoms with Crippen molar-refractivity contribution in [1.82, 2.24) is 10.2 Å². The van der Waals surface area contributed by atoms with E-state index in [1.54, 1.807) is 0 Å². The lowest BCUT2D eigenvalue weighted by atomic mass is 10.2. The van der Waals surface area contributed by atoms with Gasteiger partial charge in [-0.3, -0.25) is 4.79 Å². The fourth-order valence-corrected chi connectivity index (χ4v) is 2.18. The lowest BCUT2D eigenvalue weighted by Gasteiger charge is -2.16. The van der Waals surface area contributed by atoms with Gasteiger partial charge in [0.2, 0.25) is 5.91 Å². The molecule has 0 aromatic rings. The van der Waals surface area contributed by atoms with Crippen molar-refractivity contribution in [3.05, 3.63) is 0 Å². The number of unbranched alkanes of at least 4 members (excludes halogenated alkanes) is 2. The monoisotopic (exact) mass is 220 g/mol. The molecular weight excluding hydrogens is 200 g/mol. The summed E-state index contributed by atoms with van der Waals surface area (Å²) in [5.41, 5.74) is 0. The fourth-order valence-electron chi connectivity index (χ4n) is 2.18. The molecule has 1 N–H and O–H groups in total. The van der Waals surface area contributed by atoms with Crippen LogP contribution in [0.1, 0.15) is 38.5 Å². The summed E-state index contributed by atoms with van der Waals surface area (Å²) >= 11 is 0. The zero-order chi connectivity index (χ0) is 11.4. The van der Waals surface area contributed by atoms with Crippen LogP contribution in [0, 0.1) is 12.3 Å². The lowest BCUT2D eigenvalue weighted by Crippen LogP contribution is -2.39. The molecule has 0 bridgehead atoms. The van der Waals surface area contributed by atoms with Crippen molar-refractivity contribution in [3.63, 3.8) is 0 Å². The molecule has 1 unspecified atom stereocenters. The number of carbonyl (C=O) groups is 1. The Labute approximate surface area is 97.6 Å². The molecule has 88 valence electrons. The minimum Gasteiger partial charge on any atom is -0.341 e. The highest BCUT2D eigenvalue weighted by Gasteiger charge is 2.34.